The van der Waals surface area contributed by atoms with E-state index in [1.165, 1.54) is 28.4 Å². The predicted octanol–water partition coefficient (Wildman–Crippen LogP) is 3.06. The highest BCUT2D eigenvalue weighted by molar-refractivity contribution is 7.20. The minimum Gasteiger partial charge on any atom is -0.451 e. The average molecular weight is 461 g/mol. The second kappa shape index (κ2) is 9.90. The summed E-state index contributed by atoms with van der Waals surface area (Å²) in [6.07, 6.45) is 0. The van der Waals surface area contributed by atoms with Crippen LogP contribution < -0.4 is 5.32 Å². The molecule has 2 amide bonds. The number of carbonyl (C=O) groups is 3. The zero-order valence-corrected chi connectivity index (χ0v) is 19.2. The van der Waals surface area contributed by atoms with E-state index in [-0.39, 0.29) is 24.3 Å². The Morgan fingerprint density at radius 2 is 1.94 bits per heavy atom. The van der Waals surface area contributed by atoms with Crippen LogP contribution in [0.25, 0.3) is 15.9 Å². The van der Waals surface area contributed by atoms with E-state index >= 15 is 0 Å². The van der Waals surface area contributed by atoms with Crippen LogP contribution >= 0.6 is 11.3 Å². The lowest BCUT2D eigenvalue weighted by Gasteiger charge is -2.20. The molecule has 0 aliphatic carbocycles. The van der Waals surface area contributed by atoms with E-state index in [0.29, 0.717) is 27.6 Å². The maximum atomic E-state index is 13.2. The fourth-order valence-electron chi connectivity index (χ4n) is 3.11. The van der Waals surface area contributed by atoms with Crippen molar-refractivity contribution in [2.75, 3.05) is 19.7 Å². The van der Waals surface area contributed by atoms with E-state index in [1.54, 1.807) is 29.8 Å². The summed E-state index contributed by atoms with van der Waals surface area (Å²) in [4.78, 5) is 39.2. The van der Waals surface area contributed by atoms with Gasteiger partial charge in [0.2, 0.25) is 5.91 Å². The van der Waals surface area contributed by atoms with Crippen LogP contribution in [0.2, 0.25) is 0 Å². The lowest BCUT2D eigenvalue weighted by Crippen LogP contribution is -2.44. The first kappa shape index (κ1) is 23.4. The van der Waals surface area contributed by atoms with Gasteiger partial charge in [-0.15, -0.1) is 11.3 Å². The standard InChI is InChI=1S/C22H25FN4O4S/c1-5-26(11-19(28)24-13(2)3)20(29)12-31-22(30)18-10-17-14(4)25-27(21(17)32-18)16-8-6-15(23)7-9-16/h6-10,13H,5,11-12H2,1-4H3,(H,24,28). The Morgan fingerprint density at radius 1 is 1.25 bits per heavy atom. The van der Waals surface area contributed by atoms with E-state index in [4.69, 9.17) is 4.74 Å². The van der Waals surface area contributed by atoms with E-state index in [1.807, 2.05) is 20.8 Å². The molecule has 0 radical (unpaired) electrons. The molecule has 0 bridgehead atoms. The van der Waals surface area contributed by atoms with Crippen molar-refractivity contribution in [2.45, 2.75) is 33.7 Å². The molecule has 3 rings (SSSR count). The molecule has 0 saturated heterocycles. The first-order chi connectivity index (χ1) is 15.2. The molecule has 2 heterocycles. The average Bonchev–Trinajstić information content (AvgIpc) is 3.31. The lowest BCUT2D eigenvalue weighted by molar-refractivity contribution is -0.138. The van der Waals surface area contributed by atoms with Gasteiger partial charge in [0.25, 0.3) is 5.91 Å². The number of nitrogens with one attached hydrogen (secondary N) is 1. The van der Waals surface area contributed by atoms with Crippen molar-refractivity contribution in [3.63, 3.8) is 0 Å². The van der Waals surface area contributed by atoms with Crippen molar-refractivity contribution in [2.24, 2.45) is 0 Å². The number of rotatable bonds is 8. The third-order valence-corrected chi connectivity index (χ3v) is 5.75. The molecule has 170 valence electrons. The van der Waals surface area contributed by atoms with E-state index < -0.39 is 18.5 Å². The summed E-state index contributed by atoms with van der Waals surface area (Å²) in [5, 5.41) is 7.96. The molecule has 3 aromatic rings. The Bertz CT molecular complexity index is 1140. The van der Waals surface area contributed by atoms with Gasteiger partial charge in [0.1, 0.15) is 15.5 Å². The Balaban J connectivity index is 1.69. The highest BCUT2D eigenvalue weighted by Crippen LogP contribution is 2.30. The molecule has 32 heavy (non-hydrogen) atoms. The number of esters is 1. The molecule has 0 aliphatic heterocycles. The monoisotopic (exact) mass is 460 g/mol. The number of hydrogen-bond donors (Lipinski definition) is 1. The summed E-state index contributed by atoms with van der Waals surface area (Å²) >= 11 is 1.18. The molecule has 1 aromatic carbocycles. The predicted molar refractivity (Wildman–Crippen MR) is 119 cm³/mol. The SMILES string of the molecule is CCN(CC(=O)NC(C)C)C(=O)COC(=O)c1cc2c(C)nn(-c3ccc(F)cc3)c2s1. The van der Waals surface area contributed by atoms with Crippen LogP contribution in [0.3, 0.4) is 0 Å². The van der Waals surface area contributed by atoms with Gasteiger partial charge < -0.3 is 15.0 Å². The number of hydrogen-bond acceptors (Lipinski definition) is 6. The Labute approximate surface area is 189 Å². The molecule has 0 atom stereocenters. The van der Waals surface area contributed by atoms with E-state index in [2.05, 4.69) is 10.4 Å². The van der Waals surface area contributed by atoms with Crippen molar-refractivity contribution in [1.82, 2.24) is 20.0 Å². The fourth-order valence-corrected chi connectivity index (χ4v) is 4.19. The maximum absolute atomic E-state index is 13.2. The topological polar surface area (TPSA) is 93.5 Å². The maximum Gasteiger partial charge on any atom is 0.348 e. The molecule has 0 aliphatic rings. The van der Waals surface area contributed by atoms with Crippen LogP contribution in [0.4, 0.5) is 4.39 Å². The molecule has 8 nitrogen and oxygen atoms in total. The van der Waals surface area contributed by atoms with Gasteiger partial charge in [-0.3, -0.25) is 9.59 Å². The van der Waals surface area contributed by atoms with Gasteiger partial charge in [-0.1, -0.05) is 0 Å². The number of fused-ring (bicyclic) bond motifs is 1. The molecule has 2 aromatic heterocycles. The second-order valence-electron chi connectivity index (χ2n) is 7.51. The highest BCUT2D eigenvalue weighted by atomic mass is 32.1. The Hall–Kier alpha value is -3.27. The molecule has 10 heteroatoms. The molecular formula is C22H25FN4O4S. The van der Waals surface area contributed by atoms with Crippen LogP contribution in [-0.4, -0.2) is 58.2 Å². The van der Waals surface area contributed by atoms with Gasteiger partial charge in [-0.2, -0.15) is 5.10 Å². The number of benzene rings is 1. The Kier molecular flexibility index (Phi) is 7.24. The van der Waals surface area contributed by atoms with Crippen LogP contribution in [0.5, 0.6) is 0 Å². The largest absolute Gasteiger partial charge is 0.451 e. The number of amides is 2. The van der Waals surface area contributed by atoms with Crippen LogP contribution in [-0.2, 0) is 14.3 Å². The third-order valence-electron chi connectivity index (χ3n) is 4.66. The molecular weight excluding hydrogens is 435 g/mol. The summed E-state index contributed by atoms with van der Waals surface area (Å²) in [5.41, 5.74) is 1.38. The molecule has 1 N–H and O–H groups in total. The van der Waals surface area contributed by atoms with Crippen molar-refractivity contribution in [3.8, 4) is 5.69 Å². The first-order valence-corrected chi connectivity index (χ1v) is 11.0. The van der Waals surface area contributed by atoms with Crippen LogP contribution in [0, 0.1) is 12.7 Å². The summed E-state index contributed by atoms with van der Waals surface area (Å²) in [6.45, 7) is 6.99. The number of likely N-dealkylation sites (N-methyl/N-ethyl adjacent to an activating group) is 1. The lowest BCUT2D eigenvalue weighted by atomic mass is 10.3. The number of aryl methyl sites for hydroxylation is 1. The minimum atomic E-state index is -0.632. The van der Waals surface area contributed by atoms with Crippen molar-refractivity contribution in [3.05, 3.63) is 46.7 Å². The summed E-state index contributed by atoms with van der Waals surface area (Å²) in [7, 11) is 0. The number of carbonyl (C=O) groups excluding carboxylic acids is 3. The molecule has 0 saturated carbocycles. The molecule has 0 unspecified atom stereocenters. The quantitative estimate of drug-likeness (QED) is 0.522. The van der Waals surface area contributed by atoms with Gasteiger partial charge in [0.05, 0.1) is 17.9 Å². The van der Waals surface area contributed by atoms with Crippen LogP contribution in [0.1, 0.15) is 36.1 Å². The first-order valence-electron chi connectivity index (χ1n) is 10.2. The van der Waals surface area contributed by atoms with Crippen molar-refractivity contribution >= 4 is 39.3 Å². The second-order valence-corrected chi connectivity index (χ2v) is 8.54. The fraction of sp³-hybridized carbons (Fsp3) is 0.364. The van der Waals surface area contributed by atoms with Gasteiger partial charge >= 0.3 is 5.97 Å². The smallest absolute Gasteiger partial charge is 0.348 e. The highest BCUT2D eigenvalue weighted by Gasteiger charge is 2.21. The van der Waals surface area contributed by atoms with E-state index in [9.17, 15) is 18.8 Å². The number of halogens is 1. The molecule has 0 spiro atoms. The van der Waals surface area contributed by atoms with Gasteiger partial charge in [0, 0.05) is 18.0 Å². The summed E-state index contributed by atoms with van der Waals surface area (Å²) < 4.78 is 20.1. The zero-order valence-electron chi connectivity index (χ0n) is 18.3. The zero-order chi connectivity index (χ0) is 23.4. The normalized spacial score (nSPS) is 11.1. The Morgan fingerprint density at radius 3 is 2.56 bits per heavy atom. The third kappa shape index (κ3) is 5.31. The summed E-state index contributed by atoms with van der Waals surface area (Å²) in [5.74, 6) is -1.70. The number of thiophene rings is 1. The van der Waals surface area contributed by atoms with E-state index in [0.717, 1.165) is 5.39 Å². The van der Waals surface area contributed by atoms with Crippen LogP contribution in [0.15, 0.2) is 30.3 Å². The number of nitrogens with zero attached hydrogens (tertiary/aromatic N) is 3. The minimum absolute atomic E-state index is 0.0311. The van der Waals surface area contributed by atoms with Gasteiger partial charge in [-0.05, 0) is 58.0 Å². The summed E-state index contributed by atoms with van der Waals surface area (Å²) in [6, 6.07) is 7.53. The molecule has 0 fully saturated rings. The number of ether oxygens (including phenoxy) is 1. The van der Waals surface area contributed by atoms with Crippen molar-refractivity contribution < 1.29 is 23.5 Å². The van der Waals surface area contributed by atoms with Crippen molar-refractivity contribution in [1.29, 1.82) is 0 Å². The number of aromatic nitrogens is 2. The van der Waals surface area contributed by atoms with Gasteiger partial charge in [-0.25, -0.2) is 13.9 Å². The van der Waals surface area contributed by atoms with Gasteiger partial charge in [0.15, 0.2) is 6.61 Å².